The van der Waals surface area contributed by atoms with Crippen LogP contribution in [0.15, 0.2) is 0 Å². The highest BCUT2D eigenvalue weighted by atomic mass is 17.2. The van der Waals surface area contributed by atoms with Crippen LogP contribution in [0, 0.1) is 47.3 Å². The van der Waals surface area contributed by atoms with Crippen LogP contribution in [0.3, 0.4) is 0 Å². The van der Waals surface area contributed by atoms with Gasteiger partial charge < -0.3 is 18.9 Å². The number of ketones is 4. The van der Waals surface area contributed by atoms with Crippen LogP contribution in [-0.2, 0) is 96.4 Å². The predicted octanol–water partition coefficient (Wildman–Crippen LogP) is 2.36. The molecule has 4 rings (SSSR count). The summed E-state index contributed by atoms with van der Waals surface area (Å²) in [6.45, 7) is 5.01. The molecule has 4 saturated carbocycles. The fourth-order valence-corrected chi connectivity index (χ4v) is 6.75. The van der Waals surface area contributed by atoms with Crippen LogP contribution in [0.25, 0.3) is 0 Å². The van der Waals surface area contributed by atoms with E-state index < -0.39 is 0 Å². The topological polar surface area (TPSA) is 247 Å². The van der Waals surface area contributed by atoms with E-state index in [1.165, 1.54) is 56.9 Å². The van der Waals surface area contributed by atoms with Crippen LogP contribution in [0.5, 0.6) is 0 Å². The van der Waals surface area contributed by atoms with Crippen LogP contribution in [0.2, 0.25) is 0 Å². The Balaban J connectivity index is 0.000000736. The van der Waals surface area contributed by atoms with E-state index in [0.29, 0.717) is 25.7 Å². The van der Waals surface area contributed by atoms with E-state index in [2.05, 4.69) is 38.5 Å². The molecule has 0 amide bonds. The SMILES string of the molecule is CC.COOCC1CC(=O)CC1C(=O)OC.COOCC1CC(=O)CC1C(=O)OC.COOCC1CC(=O)CC1C(=O)OC.COOCC1CC(=O)CC1C(=O)OC. The second-order valence-electron chi connectivity index (χ2n) is 13.2. The van der Waals surface area contributed by atoms with Crippen molar-refractivity contribution < 1.29 is 96.4 Å². The van der Waals surface area contributed by atoms with Gasteiger partial charge in [-0.15, -0.1) is 0 Å². The summed E-state index contributed by atoms with van der Waals surface area (Å²) in [5.74, 6) is -3.04. The molecule has 8 atom stereocenters. The fraction of sp³-hybridized carbons (Fsp3) is 0.789. The van der Waals surface area contributed by atoms with E-state index in [4.69, 9.17) is 19.6 Å². The van der Waals surface area contributed by atoms with E-state index in [1.807, 2.05) is 13.8 Å². The quantitative estimate of drug-likeness (QED) is 0.0936. The molecule has 0 aromatic heterocycles. The molecule has 8 unspecified atom stereocenters. The van der Waals surface area contributed by atoms with Crippen LogP contribution >= 0.6 is 0 Å². The van der Waals surface area contributed by atoms with Gasteiger partial charge in [0.1, 0.15) is 23.1 Å². The van der Waals surface area contributed by atoms with Gasteiger partial charge in [-0.3, -0.25) is 38.4 Å². The lowest BCUT2D eigenvalue weighted by Crippen LogP contribution is -2.23. The molecule has 0 bridgehead atoms. The van der Waals surface area contributed by atoms with Gasteiger partial charge in [0.05, 0.1) is 107 Å². The van der Waals surface area contributed by atoms with Gasteiger partial charge in [-0.1, -0.05) is 13.8 Å². The van der Waals surface area contributed by atoms with Crippen molar-refractivity contribution in [3.8, 4) is 0 Å². The smallest absolute Gasteiger partial charge is 0.309 e. The Labute approximate surface area is 339 Å². The summed E-state index contributed by atoms with van der Waals surface area (Å²) in [5.41, 5.74) is 0. The number of methoxy groups -OCH3 is 4. The Morgan fingerprint density at radius 1 is 0.362 bits per heavy atom. The molecule has 58 heavy (non-hydrogen) atoms. The first kappa shape index (κ1) is 54.2. The molecule has 20 nitrogen and oxygen atoms in total. The molecule has 334 valence electrons. The molecule has 0 aromatic rings. The van der Waals surface area contributed by atoms with Crippen molar-refractivity contribution in [2.45, 2.75) is 65.2 Å². The van der Waals surface area contributed by atoms with E-state index in [1.54, 1.807) is 0 Å². The van der Waals surface area contributed by atoms with E-state index >= 15 is 0 Å². The van der Waals surface area contributed by atoms with Crippen LogP contribution in [0.1, 0.15) is 65.2 Å². The maximum Gasteiger partial charge on any atom is 0.309 e. The van der Waals surface area contributed by atoms with Gasteiger partial charge >= 0.3 is 23.9 Å². The highest BCUT2D eigenvalue weighted by molar-refractivity contribution is 5.90. The number of ether oxygens (including phenoxy) is 4. The molecule has 0 radical (unpaired) electrons. The third-order valence-corrected chi connectivity index (χ3v) is 9.64. The second kappa shape index (κ2) is 31.2. The first-order valence-electron chi connectivity index (χ1n) is 18.8. The van der Waals surface area contributed by atoms with Gasteiger partial charge in [-0.2, -0.15) is 0 Å². The van der Waals surface area contributed by atoms with Crippen molar-refractivity contribution in [1.82, 2.24) is 0 Å². The van der Waals surface area contributed by atoms with E-state index in [9.17, 15) is 38.4 Å². The molecule has 20 heteroatoms. The Bertz CT molecular complexity index is 1090. The Kier molecular flexibility index (Phi) is 29.2. The van der Waals surface area contributed by atoms with Crippen molar-refractivity contribution in [3.05, 3.63) is 0 Å². The zero-order chi connectivity index (χ0) is 44.2. The number of carbonyl (C=O) groups excluding carboxylic acids is 8. The molecule has 4 aliphatic rings. The number of rotatable bonds is 16. The van der Waals surface area contributed by atoms with Crippen molar-refractivity contribution >= 4 is 47.0 Å². The van der Waals surface area contributed by atoms with E-state index in [0.717, 1.165) is 0 Å². The zero-order valence-corrected chi connectivity index (χ0v) is 35.3. The van der Waals surface area contributed by atoms with Gasteiger partial charge in [0.25, 0.3) is 0 Å². The largest absolute Gasteiger partial charge is 0.469 e. The molecule has 0 saturated heterocycles. The summed E-state index contributed by atoms with van der Waals surface area (Å²) in [7, 11) is 10.8. The summed E-state index contributed by atoms with van der Waals surface area (Å²) < 4.78 is 18.4. The van der Waals surface area contributed by atoms with Crippen molar-refractivity contribution in [3.63, 3.8) is 0 Å². The van der Waals surface area contributed by atoms with Crippen LogP contribution in [0.4, 0.5) is 0 Å². The number of esters is 4. The second-order valence-corrected chi connectivity index (χ2v) is 13.2. The molecule has 0 aromatic carbocycles. The summed E-state index contributed by atoms with van der Waals surface area (Å²) in [4.78, 5) is 126. The minimum Gasteiger partial charge on any atom is -0.469 e. The van der Waals surface area contributed by atoms with Gasteiger partial charge in [0.15, 0.2) is 0 Å². The van der Waals surface area contributed by atoms with Gasteiger partial charge in [-0.05, 0) is 0 Å². The minimum atomic E-state index is -0.373. The first-order chi connectivity index (χ1) is 27.7. The average Bonchev–Trinajstić information content (AvgIpc) is 4.01. The van der Waals surface area contributed by atoms with Gasteiger partial charge in [0, 0.05) is 75.0 Å². The molecule has 4 aliphatic carbocycles. The standard InChI is InChI=1S/4C9H14O5.C2H6/c4*1-12-9(11)8-4-7(10)3-6(8)5-14-13-2;1-2/h4*6,8H,3-5H2,1-2H3;1-2H3. The third kappa shape index (κ3) is 19.3. The maximum absolute atomic E-state index is 11.3. The fourth-order valence-electron chi connectivity index (χ4n) is 6.75. The van der Waals surface area contributed by atoms with Crippen molar-refractivity contribution in [2.75, 3.05) is 83.3 Å². The monoisotopic (exact) mass is 838 g/mol. The average molecular weight is 839 g/mol. The van der Waals surface area contributed by atoms with Crippen LogP contribution in [-0.4, -0.2) is 130 Å². The number of hydrogen-bond acceptors (Lipinski definition) is 20. The first-order valence-corrected chi connectivity index (χ1v) is 18.8. The molecule has 0 spiro atoms. The van der Waals surface area contributed by atoms with Crippen molar-refractivity contribution in [2.24, 2.45) is 47.3 Å². The number of carbonyl (C=O) groups is 8. The predicted molar refractivity (Wildman–Crippen MR) is 196 cm³/mol. The highest BCUT2D eigenvalue weighted by Gasteiger charge is 2.41. The van der Waals surface area contributed by atoms with Crippen LogP contribution < -0.4 is 0 Å². The molecular formula is C38H62O20. The lowest BCUT2D eigenvalue weighted by Gasteiger charge is -2.14. The summed E-state index contributed by atoms with van der Waals surface area (Å²) in [6, 6.07) is 0. The van der Waals surface area contributed by atoms with Gasteiger partial charge in [-0.25, -0.2) is 39.1 Å². The van der Waals surface area contributed by atoms with E-state index in [-0.39, 0.29) is 146 Å². The third-order valence-electron chi connectivity index (χ3n) is 9.64. The Morgan fingerprint density at radius 3 is 0.672 bits per heavy atom. The summed E-state index contributed by atoms with van der Waals surface area (Å²) in [5, 5.41) is 0. The molecule has 4 fully saturated rings. The maximum atomic E-state index is 11.3. The molecule has 0 aliphatic heterocycles. The minimum absolute atomic E-state index is 0.0742. The lowest BCUT2D eigenvalue weighted by molar-refractivity contribution is -0.281. The molecule has 0 N–H and O–H groups in total. The molecular weight excluding hydrogens is 776 g/mol. The summed E-state index contributed by atoms with van der Waals surface area (Å²) in [6.07, 6.45) is 2.47. The highest BCUT2D eigenvalue weighted by Crippen LogP contribution is 2.33. The zero-order valence-electron chi connectivity index (χ0n) is 35.3. The Hall–Kier alpha value is -3.76. The molecule has 0 heterocycles. The van der Waals surface area contributed by atoms with Crippen molar-refractivity contribution in [1.29, 1.82) is 0 Å². The number of hydrogen-bond donors (Lipinski definition) is 0. The Morgan fingerprint density at radius 2 is 0.534 bits per heavy atom. The summed E-state index contributed by atoms with van der Waals surface area (Å²) >= 11 is 0. The number of Topliss-reactive ketones (excluding diaryl/α,β-unsaturated/α-hetero) is 4. The lowest BCUT2D eigenvalue weighted by atomic mass is 9.97. The normalized spacial score (nSPS) is 25.8. The van der Waals surface area contributed by atoms with Gasteiger partial charge in [0.2, 0.25) is 0 Å².